The van der Waals surface area contributed by atoms with Crippen molar-refractivity contribution in [2.24, 2.45) is 5.73 Å². The van der Waals surface area contributed by atoms with Gasteiger partial charge >= 0.3 is 0 Å². The number of anilines is 1. The van der Waals surface area contributed by atoms with Gasteiger partial charge in [0.1, 0.15) is 11.5 Å². The number of benzene rings is 2. The van der Waals surface area contributed by atoms with E-state index in [1.165, 1.54) is 4.90 Å². The van der Waals surface area contributed by atoms with E-state index >= 15 is 0 Å². The number of amides is 2. The van der Waals surface area contributed by atoms with Crippen LogP contribution in [-0.2, 0) is 9.59 Å². The maximum absolute atomic E-state index is 12.6. The Bertz CT molecular complexity index is 781. The van der Waals surface area contributed by atoms with Crippen LogP contribution in [0.1, 0.15) is 0 Å². The van der Waals surface area contributed by atoms with Gasteiger partial charge in [0.2, 0.25) is 0 Å². The number of hydrogen-bond acceptors (Lipinski definition) is 4. The highest BCUT2D eigenvalue weighted by Crippen LogP contribution is 2.33. The van der Waals surface area contributed by atoms with Crippen molar-refractivity contribution in [2.45, 2.75) is 6.10 Å². The minimum atomic E-state index is -0.882. The summed E-state index contributed by atoms with van der Waals surface area (Å²) in [7, 11) is 0. The summed E-state index contributed by atoms with van der Waals surface area (Å²) in [4.78, 5) is 25.5. The molecule has 0 saturated heterocycles. The van der Waals surface area contributed by atoms with Crippen LogP contribution in [0.3, 0.4) is 0 Å². The van der Waals surface area contributed by atoms with E-state index in [1.807, 2.05) is 18.2 Å². The second-order valence-corrected chi connectivity index (χ2v) is 6.05. The van der Waals surface area contributed by atoms with Gasteiger partial charge in [0.05, 0.1) is 16.7 Å². The first-order valence-corrected chi connectivity index (χ1v) is 8.08. The molecular weight excluding hydrogens is 376 g/mol. The van der Waals surface area contributed by atoms with E-state index in [-0.39, 0.29) is 19.1 Å². The molecule has 0 saturated carbocycles. The van der Waals surface area contributed by atoms with E-state index < -0.39 is 12.0 Å². The van der Waals surface area contributed by atoms with Crippen molar-refractivity contribution in [3.05, 3.63) is 53.0 Å². The Morgan fingerprint density at radius 2 is 1.92 bits per heavy atom. The van der Waals surface area contributed by atoms with Gasteiger partial charge in [0.15, 0.2) is 12.7 Å². The molecule has 1 aliphatic rings. The van der Waals surface area contributed by atoms with Crippen molar-refractivity contribution in [1.29, 1.82) is 0 Å². The number of nitrogens with zero attached hydrogens (tertiary/aromatic N) is 1. The Morgan fingerprint density at radius 1 is 1.21 bits per heavy atom. The van der Waals surface area contributed by atoms with E-state index in [1.54, 1.807) is 30.3 Å². The Labute approximate surface area is 147 Å². The number of ether oxygens (including phenoxy) is 2. The fourth-order valence-corrected chi connectivity index (χ4v) is 2.80. The summed E-state index contributed by atoms with van der Waals surface area (Å²) >= 11 is 3.37. The van der Waals surface area contributed by atoms with Crippen LogP contribution in [0.25, 0.3) is 0 Å². The SMILES string of the molecule is NC(=O)[C@H]1CN(C(=O)COc2ccccc2Br)c2ccccc2O1. The summed E-state index contributed by atoms with van der Waals surface area (Å²) in [5.74, 6) is 0.113. The molecule has 0 fully saturated rings. The highest BCUT2D eigenvalue weighted by molar-refractivity contribution is 9.10. The Morgan fingerprint density at radius 3 is 2.67 bits per heavy atom. The summed E-state index contributed by atoms with van der Waals surface area (Å²) in [6.45, 7) is -0.104. The standard InChI is InChI=1S/C17H15BrN2O4/c18-11-5-1-3-7-13(11)23-10-16(21)20-9-15(17(19)22)24-14-8-4-2-6-12(14)20/h1-8,15H,9-10H2,(H2,19,22)/t15-/m1/s1. The first-order chi connectivity index (χ1) is 11.6. The third-order valence-electron chi connectivity index (χ3n) is 3.58. The zero-order valence-corrected chi connectivity index (χ0v) is 14.2. The van der Waals surface area contributed by atoms with Crippen molar-refractivity contribution in [3.8, 4) is 11.5 Å². The molecule has 0 aliphatic carbocycles. The van der Waals surface area contributed by atoms with Gasteiger partial charge in [-0.3, -0.25) is 9.59 Å². The molecule has 0 unspecified atom stereocenters. The van der Waals surface area contributed by atoms with Crippen molar-refractivity contribution in [1.82, 2.24) is 0 Å². The number of rotatable bonds is 4. The van der Waals surface area contributed by atoms with E-state index in [0.717, 1.165) is 4.47 Å². The average molecular weight is 391 g/mol. The quantitative estimate of drug-likeness (QED) is 0.866. The number of para-hydroxylation sites is 3. The number of primary amides is 1. The van der Waals surface area contributed by atoms with E-state index in [9.17, 15) is 9.59 Å². The molecule has 1 atom stereocenters. The number of nitrogens with two attached hydrogens (primary N) is 1. The molecule has 1 aliphatic heterocycles. The molecule has 124 valence electrons. The first kappa shape index (κ1) is 16.3. The fraction of sp³-hybridized carbons (Fsp3) is 0.176. The summed E-state index contributed by atoms with van der Waals surface area (Å²) in [5.41, 5.74) is 5.93. The highest BCUT2D eigenvalue weighted by atomic mass is 79.9. The zero-order valence-electron chi connectivity index (χ0n) is 12.6. The molecule has 2 amide bonds. The molecule has 2 aromatic carbocycles. The predicted molar refractivity (Wildman–Crippen MR) is 92.0 cm³/mol. The van der Waals surface area contributed by atoms with E-state index in [4.69, 9.17) is 15.2 Å². The van der Waals surface area contributed by atoms with Crippen LogP contribution in [0.15, 0.2) is 53.0 Å². The average Bonchev–Trinajstić information content (AvgIpc) is 2.59. The molecule has 0 bridgehead atoms. The van der Waals surface area contributed by atoms with Gasteiger partial charge in [0, 0.05) is 0 Å². The van der Waals surface area contributed by atoms with E-state index in [0.29, 0.717) is 17.2 Å². The van der Waals surface area contributed by atoms with Crippen LogP contribution in [-0.4, -0.2) is 31.1 Å². The smallest absolute Gasteiger partial charge is 0.265 e. The van der Waals surface area contributed by atoms with Crippen LogP contribution < -0.4 is 20.1 Å². The first-order valence-electron chi connectivity index (χ1n) is 7.29. The van der Waals surface area contributed by atoms with Crippen molar-refractivity contribution >= 4 is 33.4 Å². The molecule has 0 spiro atoms. The molecule has 24 heavy (non-hydrogen) atoms. The van der Waals surface area contributed by atoms with E-state index in [2.05, 4.69) is 15.9 Å². The molecule has 1 heterocycles. The van der Waals surface area contributed by atoms with Crippen LogP contribution in [0.4, 0.5) is 5.69 Å². The molecule has 2 N–H and O–H groups in total. The van der Waals surface area contributed by atoms with Crippen LogP contribution in [0, 0.1) is 0 Å². The zero-order chi connectivity index (χ0) is 17.1. The normalized spacial score (nSPS) is 16.0. The van der Waals surface area contributed by atoms with Gasteiger partial charge in [-0.1, -0.05) is 24.3 Å². The topological polar surface area (TPSA) is 81.9 Å². The van der Waals surface area contributed by atoms with Gasteiger partial charge in [-0.25, -0.2) is 0 Å². The van der Waals surface area contributed by atoms with Crippen molar-refractivity contribution < 1.29 is 19.1 Å². The maximum atomic E-state index is 12.6. The molecule has 2 aromatic rings. The lowest BCUT2D eigenvalue weighted by Gasteiger charge is -2.33. The lowest BCUT2D eigenvalue weighted by molar-refractivity contribution is -0.125. The second-order valence-electron chi connectivity index (χ2n) is 5.20. The summed E-state index contributed by atoms with van der Waals surface area (Å²) in [6, 6.07) is 14.3. The lowest BCUT2D eigenvalue weighted by Crippen LogP contribution is -2.50. The Kier molecular flexibility index (Phi) is 4.71. The molecule has 0 aromatic heterocycles. The lowest BCUT2D eigenvalue weighted by atomic mass is 10.2. The summed E-state index contributed by atoms with van der Waals surface area (Å²) < 4.78 is 11.9. The van der Waals surface area contributed by atoms with Crippen LogP contribution >= 0.6 is 15.9 Å². The number of halogens is 1. The molecule has 3 rings (SSSR count). The predicted octanol–water partition coefficient (Wildman–Crippen LogP) is 2.11. The molecular formula is C17H15BrN2O4. The number of carbonyl (C=O) groups excluding carboxylic acids is 2. The second kappa shape index (κ2) is 6.92. The molecule has 7 heteroatoms. The molecule has 6 nitrogen and oxygen atoms in total. The Balaban J connectivity index is 1.78. The minimum absolute atomic E-state index is 0.0600. The summed E-state index contributed by atoms with van der Waals surface area (Å²) in [6.07, 6.45) is -0.882. The van der Waals surface area contributed by atoms with Crippen molar-refractivity contribution in [2.75, 3.05) is 18.1 Å². The minimum Gasteiger partial charge on any atom is -0.483 e. The summed E-state index contributed by atoms with van der Waals surface area (Å²) in [5, 5.41) is 0. The van der Waals surface area contributed by atoms with Gasteiger partial charge in [-0.15, -0.1) is 0 Å². The number of hydrogen-bond donors (Lipinski definition) is 1. The van der Waals surface area contributed by atoms with Crippen LogP contribution in [0.2, 0.25) is 0 Å². The Hall–Kier alpha value is -2.54. The molecule has 0 radical (unpaired) electrons. The third-order valence-corrected chi connectivity index (χ3v) is 4.23. The largest absolute Gasteiger partial charge is 0.483 e. The third kappa shape index (κ3) is 3.35. The van der Waals surface area contributed by atoms with Crippen LogP contribution in [0.5, 0.6) is 11.5 Å². The van der Waals surface area contributed by atoms with Gasteiger partial charge in [0.25, 0.3) is 11.8 Å². The fourth-order valence-electron chi connectivity index (χ4n) is 2.40. The van der Waals surface area contributed by atoms with Gasteiger partial charge in [-0.05, 0) is 40.2 Å². The monoisotopic (exact) mass is 390 g/mol. The number of fused-ring (bicyclic) bond motifs is 1. The van der Waals surface area contributed by atoms with Gasteiger partial charge < -0.3 is 20.1 Å². The maximum Gasteiger partial charge on any atom is 0.265 e. The van der Waals surface area contributed by atoms with Gasteiger partial charge in [-0.2, -0.15) is 0 Å². The highest BCUT2D eigenvalue weighted by Gasteiger charge is 2.32. The van der Waals surface area contributed by atoms with Crippen molar-refractivity contribution in [3.63, 3.8) is 0 Å². The number of carbonyl (C=O) groups is 2.